The second kappa shape index (κ2) is 8.00. The van der Waals surface area contributed by atoms with Crippen molar-refractivity contribution in [2.24, 2.45) is 0 Å². The van der Waals surface area contributed by atoms with Crippen LogP contribution in [0.2, 0.25) is 0 Å². The minimum Gasteiger partial charge on any atom is -0.477 e. The fourth-order valence-electron chi connectivity index (χ4n) is 4.15. The van der Waals surface area contributed by atoms with Gasteiger partial charge in [-0.25, -0.2) is 0 Å². The van der Waals surface area contributed by atoms with E-state index in [9.17, 15) is 4.79 Å². The Balaban J connectivity index is 1.41. The number of allylic oxidation sites excluding steroid dienone is 1. The van der Waals surface area contributed by atoms with E-state index in [2.05, 4.69) is 28.9 Å². The summed E-state index contributed by atoms with van der Waals surface area (Å²) in [5, 5.41) is 0. The van der Waals surface area contributed by atoms with Gasteiger partial charge in [0.2, 0.25) is 5.78 Å². The smallest absolute Gasteiger partial charge is 0.231 e. The van der Waals surface area contributed by atoms with Crippen LogP contribution in [0.25, 0.3) is 6.08 Å². The molecule has 0 fully saturated rings. The zero-order chi connectivity index (χ0) is 21.4. The molecule has 0 radical (unpaired) electrons. The van der Waals surface area contributed by atoms with E-state index in [-0.39, 0.29) is 5.78 Å². The number of hydrogen-bond donors (Lipinski definition) is 0. The number of carbonyl (C=O) groups excluding carboxylic acids is 1. The fourth-order valence-corrected chi connectivity index (χ4v) is 4.15. The number of hydrogen-bond acceptors (Lipinski definition) is 5. The van der Waals surface area contributed by atoms with Gasteiger partial charge < -0.3 is 9.47 Å². The number of fused-ring (bicyclic) bond motifs is 2. The number of benzene rings is 2. The van der Waals surface area contributed by atoms with Crippen molar-refractivity contribution in [1.82, 2.24) is 9.88 Å². The second-order valence-corrected chi connectivity index (χ2v) is 8.02. The molecule has 0 unspecified atom stereocenters. The predicted octanol–water partition coefficient (Wildman–Crippen LogP) is 4.92. The Bertz CT molecular complexity index is 1170. The van der Waals surface area contributed by atoms with Gasteiger partial charge >= 0.3 is 0 Å². The van der Waals surface area contributed by atoms with Gasteiger partial charge in [-0.2, -0.15) is 0 Å². The van der Waals surface area contributed by atoms with Crippen LogP contribution < -0.4 is 9.47 Å². The maximum Gasteiger partial charge on any atom is 0.231 e. The van der Waals surface area contributed by atoms with Gasteiger partial charge in [0.25, 0.3) is 0 Å². The summed E-state index contributed by atoms with van der Waals surface area (Å²) in [6.45, 7) is 6.06. The van der Waals surface area contributed by atoms with E-state index in [0.717, 1.165) is 42.0 Å². The van der Waals surface area contributed by atoms with E-state index < -0.39 is 0 Å². The van der Waals surface area contributed by atoms with Crippen LogP contribution in [0.5, 0.6) is 11.5 Å². The summed E-state index contributed by atoms with van der Waals surface area (Å²) >= 11 is 0. The van der Waals surface area contributed by atoms with E-state index >= 15 is 0 Å². The van der Waals surface area contributed by atoms with Crippen LogP contribution in [0.4, 0.5) is 0 Å². The molecule has 3 aromatic rings. The third kappa shape index (κ3) is 3.73. The molecule has 2 aromatic carbocycles. The quantitative estimate of drug-likeness (QED) is 0.569. The number of carbonyl (C=O) groups is 1. The largest absolute Gasteiger partial charge is 0.477 e. The molecular formula is C26H24N2O3. The van der Waals surface area contributed by atoms with Crippen molar-refractivity contribution >= 4 is 11.9 Å². The molecule has 31 heavy (non-hydrogen) atoms. The molecule has 0 bridgehead atoms. The number of nitrogens with zero attached hydrogens (tertiary/aromatic N) is 2. The summed E-state index contributed by atoms with van der Waals surface area (Å²) in [4.78, 5) is 19.4. The van der Waals surface area contributed by atoms with Crippen molar-refractivity contribution in [1.29, 1.82) is 0 Å². The van der Waals surface area contributed by atoms with Gasteiger partial charge in [0, 0.05) is 36.6 Å². The molecule has 0 atom stereocenters. The number of aryl methyl sites for hydroxylation is 1. The van der Waals surface area contributed by atoms with E-state index in [0.29, 0.717) is 23.8 Å². The summed E-state index contributed by atoms with van der Waals surface area (Å²) in [5.74, 6) is 1.72. The van der Waals surface area contributed by atoms with Crippen LogP contribution in [-0.2, 0) is 19.5 Å². The van der Waals surface area contributed by atoms with Crippen LogP contribution in [0, 0.1) is 6.92 Å². The standard InChI is InChI=1S/C26H24N2O3/c1-3-18-4-6-19(7-5-18)12-23-24(29)22-13-21-15-28(14-20-8-10-27-11-9-20)16-30-25(21)17(2)26(22)31-23/h4-13H,3,14-16H2,1-2H3/b23-12-. The lowest BCUT2D eigenvalue weighted by atomic mass is 9.99. The van der Waals surface area contributed by atoms with Crippen LogP contribution in [0.3, 0.4) is 0 Å². The van der Waals surface area contributed by atoms with Crippen molar-refractivity contribution in [3.63, 3.8) is 0 Å². The van der Waals surface area contributed by atoms with Gasteiger partial charge in [-0.05, 0) is 54.3 Å². The molecule has 5 nitrogen and oxygen atoms in total. The van der Waals surface area contributed by atoms with Gasteiger partial charge in [-0.15, -0.1) is 0 Å². The lowest BCUT2D eigenvalue weighted by Gasteiger charge is -2.30. The van der Waals surface area contributed by atoms with E-state index in [1.54, 1.807) is 12.4 Å². The van der Waals surface area contributed by atoms with Gasteiger partial charge in [0.1, 0.15) is 18.2 Å². The lowest BCUT2D eigenvalue weighted by molar-refractivity contribution is 0.0876. The molecule has 0 saturated heterocycles. The second-order valence-electron chi connectivity index (χ2n) is 8.02. The predicted molar refractivity (Wildman–Crippen MR) is 119 cm³/mol. The molecule has 0 N–H and O–H groups in total. The highest BCUT2D eigenvalue weighted by Gasteiger charge is 2.33. The van der Waals surface area contributed by atoms with Gasteiger partial charge in [-0.1, -0.05) is 31.2 Å². The highest BCUT2D eigenvalue weighted by Crippen LogP contribution is 2.43. The normalized spacial score (nSPS) is 16.6. The number of rotatable bonds is 4. The lowest BCUT2D eigenvalue weighted by Crippen LogP contribution is -2.32. The topological polar surface area (TPSA) is 51.7 Å². The molecular weight excluding hydrogens is 388 g/mol. The first kappa shape index (κ1) is 19.5. The Hall–Kier alpha value is -3.44. The molecule has 0 spiro atoms. The van der Waals surface area contributed by atoms with Crippen molar-refractivity contribution in [2.45, 2.75) is 33.4 Å². The first-order valence-corrected chi connectivity index (χ1v) is 10.6. The Kier molecular flexibility index (Phi) is 5.04. The molecule has 1 aromatic heterocycles. The van der Waals surface area contributed by atoms with Crippen LogP contribution in [-0.4, -0.2) is 22.4 Å². The third-order valence-electron chi connectivity index (χ3n) is 5.84. The van der Waals surface area contributed by atoms with Crippen LogP contribution >= 0.6 is 0 Å². The maximum atomic E-state index is 13.1. The van der Waals surface area contributed by atoms with Crippen molar-refractivity contribution in [3.05, 3.63) is 94.0 Å². The molecule has 0 saturated carbocycles. The Labute approximate surface area is 181 Å². The van der Waals surface area contributed by atoms with Crippen molar-refractivity contribution in [3.8, 4) is 11.5 Å². The number of Topliss-reactive ketones (excluding diaryl/α,β-unsaturated/α-hetero) is 1. The monoisotopic (exact) mass is 412 g/mol. The van der Waals surface area contributed by atoms with Crippen molar-refractivity contribution < 1.29 is 14.3 Å². The van der Waals surface area contributed by atoms with Crippen LogP contribution in [0.1, 0.15) is 45.1 Å². The van der Waals surface area contributed by atoms with E-state index in [4.69, 9.17) is 9.47 Å². The summed E-state index contributed by atoms with van der Waals surface area (Å²) in [6, 6.07) is 14.1. The highest BCUT2D eigenvalue weighted by molar-refractivity contribution is 6.15. The summed E-state index contributed by atoms with van der Waals surface area (Å²) < 4.78 is 12.1. The van der Waals surface area contributed by atoms with E-state index in [1.165, 1.54) is 11.1 Å². The SMILES string of the molecule is CCc1ccc(/C=C2\Oc3c(cc4c(c3C)OCN(Cc3ccncc3)C4)C2=O)cc1. The minimum atomic E-state index is -0.0771. The first-order chi connectivity index (χ1) is 15.1. The Morgan fingerprint density at radius 3 is 2.58 bits per heavy atom. The average molecular weight is 412 g/mol. The molecule has 156 valence electrons. The third-order valence-corrected chi connectivity index (χ3v) is 5.84. The Morgan fingerprint density at radius 2 is 1.84 bits per heavy atom. The molecule has 5 heteroatoms. The molecule has 2 aliphatic rings. The number of ketones is 1. The zero-order valence-corrected chi connectivity index (χ0v) is 17.7. The van der Waals surface area contributed by atoms with Crippen molar-refractivity contribution in [2.75, 3.05) is 6.73 Å². The zero-order valence-electron chi connectivity index (χ0n) is 17.7. The molecule has 5 rings (SSSR count). The number of ether oxygens (including phenoxy) is 2. The number of pyridine rings is 1. The van der Waals surface area contributed by atoms with Crippen LogP contribution in [0.15, 0.2) is 60.6 Å². The Morgan fingerprint density at radius 1 is 1.06 bits per heavy atom. The fraction of sp³-hybridized carbons (Fsp3) is 0.231. The minimum absolute atomic E-state index is 0.0771. The average Bonchev–Trinajstić information content (AvgIpc) is 3.11. The summed E-state index contributed by atoms with van der Waals surface area (Å²) in [6.07, 6.45) is 6.40. The van der Waals surface area contributed by atoms with Gasteiger partial charge in [0.15, 0.2) is 5.76 Å². The maximum absolute atomic E-state index is 13.1. The molecule has 2 aliphatic heterocycles. The number of aromatic nitrogens is 1. The van der Waals surface area contributed by atoms with E-state index in [1.807, 2.05) is 43.3 Å². The summed E-state index contributed by atoms with van der Waals surface area (Å²) in [7, 11) is 0. The highest BCUT2D eigenvalue weighted by atomic mass is 16.5. The molecule has 0 aliphatic carbocycles. The van der Waals surface area contributed by atoms with Gasteiger partial charge in [-0.3, -0.25) is 14.7 Å². The van der Waals surface area contributed by atoms with Gasteiger partial charge in [0.05, 0.1) is 5.56 Å². The first-order valence-electron chi connectivity index (χ1n) is 10.6. The molecule has 3 heterocycles. The molecule has 0 amide bonds. The summed E-state index contributed by atoms with van der Waals surface area (Å²) in [5.41, 5.74) is 5.91.